The lowest BCUT2D eigenvalue weighted by Crippen LogP contribution is -2.24. The standard InChI is InChI=1S/C12H16F2N2O3/c1-8(2)15-4-3-5-19-12-10(13)6-9(16(17)18)7-11(12)14/h6-8,15H,3-5H2,1-2H3. The molecule has 1 aromatic carbocycles. The van der Waals surface area contributed by atoms with Gasteiger partial charge in [-0.15, -0.1) is 0 Å². The molecule has 0 aromatic heterocycles. The normalized spacial score (nSPS) is 10.8. The Morgan fingerprint density at radius 3 is 2.42 bits per heavy atom. The van der Waals surface area contributed by atoms with Crippen molar-refractivity contribution in [2.45, 2.75) is 26.3 Å². The average molecular weight is 274 g/mol. The first-order valence-electron chi connectivity index (χ1n) is 5.91. The van der Waals surface area contributed by atoms with Crippen molar-refractivity contribution in [2.24, 2.45) is 0 Å². The summed E-state index contributed by atoms with van der Waals surface area (Å²) in [5, 5.41) is 13.5. The largest absolute Gasteiger partial charge is 0.488 e. The summed E-state index contributed by atoms with van der Waals surface area (Å²) >= 11 is 0. The van der Waals surface area contributed by atoms with E-state index >= 15 is 0 Å². The van der Waals surface area contributed by atoms with Crippen LogP contribution in [0.4, 0.5) is 14.5 Å². The first kappa shape index (κ1) is 15.3. The first-order chi connectivity index (χ1) is 8.91. The van der Waals surface area contributed by atoms with Crippen molar-refractivity contribution in [1.29, 1.82) is 0 Å². The lowest BCUT2D eigenvalue weighted by Gasteiger charge is -2.10. The molecule has 0 saturated heterocycles. The number of non-ortho nitro benzene ring substituents is 1. The molecule has 19 heavy (non-hydrogen) atoms. The number of nitrogens with one attached hydrogen (secondary N) is 1. The second-order valence-corrected chi connectivity index (χ2v) is 4.31. The van der Waals surface area contributed by atoms with Crippen LogP contribution in [0.15, 0.2) is 12.1 Å². The van der Waals surface area contributed by atoms with Crippen LogP contribution in [0.5, 0.6) is 5.75 Å². The molecule has 7 heteroatoms. The van der Waals surface area contributed by atoms with Crippen molar-refractivity contribution in [2.75, 3.05) is 13.2 Å². The van der Waals surface area contributed by atoms with Crippen molar-refractivity contribution in [1.82, 2.24) is 5.32 Å². The van der Waals surface area contributed by atoms with Gasteiger partial charge in [0, 0.05) is 6.04 Å². The molecule has 0 bridgehead atoms. The minimum Gasteiger partial charge on any atom is -0.488 e. The Balaban J connectivity index is 2.57. The second-order valence-electron chi connectivity index (χ2n) is 4.31. The van der Waals surface area contributed by atoms with Gasteiger partial charge in [-0.25, -0.2) is 8.78 Å². The molecular formula is C12H16F2N2O3. The van der Waals surface area contributed by atoms with Gasteiger partial charge in [0.05, 0.1) is 23.7 Å². The van der Waals surface area contributed by atoms with Gasteiger partial charge in [0.1, 0.15) is 0 Å². The van der Waals surface area contributed by atoms with Crippen LogP contribution in [0.1, 0.15) is 20.3 Å². The summed E-state index contributed by atoms with van der Waals surface area (Å²) in [7, 11) is 0. The van der Waals surface area contributed by atoms with Gasteiger partial charge in [-0.1, -0.05) is 13.8 Å². The third-order valence-electron chi connectivity index (χ3n) is 2.31. The monoisotopic (exact) mass is 274 g/mol. The van der Waals surface area contributed by atoms with Crippen molar-refractivity contribution in [3.63, 3.8) is 0 Å². The van der Waals surface area contributed by atoms with Crippen LogP contribution in [0.3, 0.4) is 0 Å². The Bertz CT molecular complexity index is 430. The van der Waals surface area contributed by atoms with E-state index < -0.39 is 28.0 Å². The van der Waals surface area contributed by atoms with E-state index in [9.17, 15) is 18.9 Å². The van der Waals surface area contributed by atoms with E-state index in [2.05, 4.69) is 5.32 Å². The van der Waals surface area contributed by atoms with Crippen molar-refractivity contribution >= 4 is 5.69 Å². The Labute approximate surface area is 109 Å². The predicted molar refractivity (Wildman–Crippen MR) is 66.3 cm³/mol. The van der Waals surface area contributed by atoms with Crippen LogP contribution in [0.25, 0.3) is 0 Å². The topological polar surface area (TPSA) is 64.4 Å². The fraction of sp³-hybridized carbons (Fsp3) is 0.500. The van der Waals surface area contributed by atoms with Gasteiger partial charge in [-0.3, -0.25) is 10.1 Å². The second kappa shape index (κ2) is 6.98. The number of rotatable bonds is 7. The predicted octanol–water partition coefficient (Wildman–Crippen LogP) is 2.64. The maximum Gasteiger partial charge on any atom is 0.275 e. The van der Waals surface area contributed by atoms with E-state index in [0.29, 0.717) is 31.1 Å². The Kier molecular flexibility index (Phi) is 5.62. The van der Waals surface area contributed by atoms with Crippen LogP contribution in [0.2, 0.25) is 0 Å². The number of nitro groups is 1. The molecular weight excluding hydrogens is 258 g/mol. The van der Waals surface area contributed by atoms with Gasteiger partial charge in [-0.05, 0) is 13.0 Å². The highest BCUT2D eigenvalue weighted by molar-refractivity contribution is 5.39. The Morgan fingerprint density at radius 1 is 1.37 bits per heavy atom. The fourth-order valence-electron chi connectivity index (χ4n) is 1.43. The molecule has 0 fully saturated rings. The molecule has 0 unspecified atom stereocenters. The Hall–Kier alpha value is -1.76. The molecule has 0 radical (unpaired) electrons. The molecule has 0 atom stereocenters. The molecule has 106 valence electrons. The maximum absolute atomic E-state index is 13.4. The molecule has 5 nitrogen and oxygen atoms in total. The van der Waals surface area contributed by atoms with E-state index in [4.69, 9.17) is 4.74 Å². The minimum absolute atomic E-state index is 0.130. The molecule has 0 spiro atoms. The van der Waals surface area contributed by atoms with Crippen LogP contribution in [-0.2, 0) is 0 Å². The van der Waals surface area contributed by atoms with E-state index in [1.165, 1.54) is 0 Å². The van der Waals surface area contributed by atoms with Crippen LogP contribution in [0, 0.1) is 21.7 Å². The third-order valence-corrected chi connectivity index (χ3v) is 2.31. The molecule has 0 amide bonds. The van der Waals surface area contributed by atoms with Gasteiger partial charge in [0.2, 0.25) is 0 Å². The summed E-state index contributed by atoms with van der Waals surface area (Å²) in [6.45, 7) is 4.76. The molecule has 0 aliphatic carbocycles. The summed E-state index contributed by atoms with van der Waals surface area (Å²) in [5.74, 6) is -2.71. The highest BCUT2D eigenvalue weighted by Gasteiger charge is 2.17. The van der Waals surface area contributed by atoms with Crippen molar-refractivity contribution in [3.8, 4) is 5.75 Å². The SMILES string of the molecule is CC(C)NCCCOc1c(F)cc([N+](=O)[O-])cc1F. The van der Waals surface area contributed by atoms with Crippen LogP contribution < -0.4 is 10.1 Å². The fourth-order valence-corrected chi connectivity index (χ4v) is 1.43. The van der Waals surface area contributed by atoms with Gasteiger partial charge in [0.15, 0.2) is 17.4 Å². The van der Waals surface area contributed by atoms with E-state index in [-0.39, 0.29) is 6.61 Å². The van der Waals surface area contributed by atoms with Gasteiger partial charge in [0.25, 0.3) is 5.69 Å². The van der Waals surface area contributed by atoms with Crippen molar-refractivity contribution < 1.29 is 18.4 Å². The number of hydrogen-bond acceptors (Lipinski definition) is 4. The smallest absolute Gasteiger partial charge is 0.275 e. The van der Waals surface area contributed by atoms with Crippen LogP contribution in [-0.4, -0.2) is 24.1 Å². The summed E-state index contributed by atoms with van der Waals surface area (Å²) in [6, 6.07) is 1.61. The summed E-state index contributed by atoms with van der Waals surface area (Å²) < 4.78 is 31.8. The number of benzene rings is 1. The third kappa shape index (κ3) is 4.78. The number of nitrogens with zero attached hydrogens (tertiary/aromatic N) is 1. The maximum atomic E-state index is 13.4. The van der Waals surface area contributed by atoms with Gasteiger partial charge >= 0.3 is 0 Å². The minimum atomic E-state index is -1.07. The van der Waals surface area contributed by atoms with Crippen molar-refractivity contribution in [3.05, 3.63) is 33.9 Å². The van der Waals surface area contributed by atoms with E-state index in [1.807, 2.05) is 13.8 Å². The molecule has 0 saturated carbocycles. The highest BCUT2D eigenvalue weighted by Crippen LogP contribution is 2.26. The zero-order valence-electron chi connectivity index (χ0n) is 10.8. The molecule has 0 heterocycles. The van der Waals surface area contributed by atoms with E-state index in [1.54, 1.807) is 0 Å². The lowest BCUT2D eigenvalue weighted by molar-refractivity contribution is -0.385. The zero-order valence-corrected chi connectivity index (χ0v) is 10.8. The first-order valence-corrected chi connectivity index (χ1v) is 5.91. The number of halogens is 2. The quantitative estimate of drug-likeness (QED) is 0.471. The highest BCUT2D eigenvalue weighted by atomic mass is 19.1. The number of ether oxygens (including phenoxy) is 1. The molecule has 1 rings (SSSR count). The summed E-state index contributed by atoms with van der Waals surface area (Å²) in [5.41, 5.74) is -0.635. The Morgan fingerprint density at radius 2 is 1.95 bits per heavy atom. The van der Waals surface area contributed by atoms with Crippen LogP contribution >= 0.6 is 0 Å². The zero-order chi connectivity index (χ0) is 14.4. The summed E-state index contributed by atoms with van der Waals surface area (Å²) in [6.07, 6.45) is 0.577. The van der Waals surface area contributed by atoms with Gasteiger partial charge in [-0.2, -0.15) is 0 Å². The lowest BCUT2D eigenvalue weighted by atomic mass is 10.3. The number of hydrogen-bond donors (Lipinski definition) is 1. The number of nitro benzene ring substituents is 1. The molecule has 1 N–H and O–H groups in total. The summed E-state index contributed by atoms with van der Waals surface area (Å²) in [4.78, 5) is 9.54. The molecule has 0 aliphatic rings. The van der Waals surface area contributed by atoms with Gasteiger partial charge < -0.3 is 10.1 Å². The average Bonchev–Trinajstić information content (AvgIpc) is 2.30. The molecule has 1 aromatic rings. The van der Waals surface area contributed by atoms with E-state index in [0.717, 1.165) is 0 Å². The molecule has 0 aliphatic heterocycles.